The summed E-state index contributed by atoms with van der Waals surface area (Å²) in [5.74, 6) is 0. The zero-order valence-electron chi connectivity index (χ0n) is 11.3. The van der Waals surface area contributed by atoms with Crippen molar-refractivity contribution < 1.29 is 17.9 Å². The molecule has 1 atom stereocenters. The van der Waals surface area contributed by atoms with Crippen molar-refractivity contribution in [3.63, 3.8) is 0 Å². The molecule has 5 heteroatoms. The fraction of sp³-hybridized carbons (Fsp3) is 0.571. The summed E-state index contributed by atoms with van der Waals surface area (Å²) in [5, 5.41) is 3.03. The molecule has 0 fully saturated rings. The van der Waals surface area contributed by atoms with Gasteiger partial charge >= 0.3 is 6.18 Å². The molecule has 1 aromatic rings. The molecular weight excluding hydrogens is 255 g/mol. The molecule has 0 saturated carbocycles. The highest BCUT2D eigenvalue weighted by atomic mass is 19.4. The lowest BCUT2D eigenvalue weighted by molar-refractivity contribution is -0.137. The summed E-state index contributed by atoms with van der Waals surface area (Å²) in [6.45, 7) is 3.23. The summed E-state index contributed by atoms with van der Waals surface area (Å²) in [5.41, 5.74) is 0.0251. The van der Waals surface area contributed by atoms with E-state index in [4.69, 9.17) is 4.74 Å². The van der Waals surface area contributed by atoms with E-state index in [9.17, 15) is 13.2 Å². The minimum Gasteiger partial charge on any atom is -0.381 e. The third-order valence-electron chi connectivity index (χ3n) is 2.86. The minimum atomic E-state index is -4.30. The SMILES string of the molecule is CCCOCCC(NC)c1cccc(C(F)(F)F)c1. The van der Waals surface area contributed by atoms with Crippen molar-refractivity contribution in [3.8, 4) is 0 Å². The van der Waals surface area contributed by atoms with Crippen molar-refractivity contribution in [3.05, 3.63) is 35.4 Å². The molecule has 0 aliphatic carbocycles. The number of hydrogen-bond acceptors (Lipinski definition) is 2. The van der Waals surface area contributed by atoms with Gasteiger partial charge in [0.05, 0.1) is 5.56 Å². The number of ether oxygens (including phenoxy) is 1. The summed E-state index contributed by atoms with van der Waals surface area (Å²) in [6.07, 6.45) is -2.71. The van der Waals surface area contributed by atoms with Crippen LogP contribution in [0, 0.1) is 0 Å². The first-order valence-electron chi connectivity index (χ1n) is 6.41. The third-order valence-corrected chi connectivity index (χ3v) is 2.86. The average molecular weight is 275 g/mol. The highest BCUT2D eigenvalue weighted by Crippen LogP contribution is 2.31. The van der Waals surface area contributed by atoms with Crippen molar-refractivity contribution >= 4 is 0 Å². The fourth-order valence-corrected chi connectivity index (χ4v) is 1.86. The predicted octanol–water partition coefficient (Wildman–Crippen LogP) is 3.78. The zero-order valence-corrected chi connectivity index (χ0v) is 11.3. The van der Waals surface area contributed by atoms with E-state index < -0.39 is 11.7 Å². The van der Waals surface area contributed by atoms with E-state index in [0.717, 1.165) is 12.5 Å². The molecule has 0 amide bonds. The summed E-state index contributed by atoms with van der Waals surface area (Å²) in [7, 11) is 1.74. The largest absolute Gasteiger partial charge is 0.416 e. The molecule has 0 spiro atoms. The maximum absolute atomic E-state index is 12.6. The Morgan fingerprint density at radius 1 is 1.26 bits per heavy atom. The highest BCUT2D eigenvalue weighted by Gasteiger charge is 2.30. The monoisotopic (exact) mass is 275 g/mol. The first-order valence-corrected chi connectivity index (χ1v) is 6.41. The Kier molecular flexibility index (Phi) is 6.31. The van der Waals surface area contributed by atoms with Crippen LogP contribution in [0.25, 0.3) is 0 Å². The molecule has 0 aromatic heterocycles. The third kappa shape index (κ3) is 5.20. The van der Waals surface area contributed by atoms with Gasteiger partial charge in [0, 0.05) is 19.3 Å². The van der Waals surface area contributed by atoms with Crippen LogP contribution in [-0.4, -0.2) is 20.3 Å². The van der Waals surface area contributed by atoms with E-state index >= 15 is 0 Å². The van der Waals surface area contributed by atoms with Gasteiger partial charge in [0.1, 0.15) is 0 Å². The second-order valence-electron chi connectivity index (χ2n) is 4.37. The van der Waals surface area contributed by atoms with Crippen LogP contribution in [0.1, 0.15) is 36.9 Å². The van der Waals surface area contributed by atoms with Gasteiger partial charge in [-0.15, -0.1) is 0 Å². The molecule has 0 aliphatic rings. The second kappa shape index (κ2) is 7.50. The van der Waals surface area contributed by atoms with Crippen molar-refractivity contribution in [2.75, 3.05) is 20.3 Å². The molecule has 0 radical (unpaired) electrons. The smallest absolute Gasteiger partial charge is 0.381 e. The van der Waals surface area contributed by atoms with E-state index in [1.54, 1.807) is 13.1 Å². The molecule has 19 heavy (non-hydrogen) atoms. The molecule has 1 N–H and O–H groups in total. The van der Waals surface area contributed by atoms with E-state index in [1.165, 1.54) is 12.1 Å². The number of nitrogens with one attached hydrogen (secondary N) is 1. The Bertz CT molecular complexity index is 379. The van der Waals surface area contributed by atoms with Crippen molar-refractivity contribution in [2.45, 2.75) is 32.0 Å². The van der Waals surface area contributed by atoms with Crippen LogP contribution in [0.5, 0.6) is 0 Å². The summed E-state index contributed by atoms with van der Waals surface area (Å²) in [6, 6.07) is 5.30. The molecule has 0 heterocycles. The van der Waals surface area contributed by atoms with Gasteiger partial charge in [0.2, 0.25) is 0 Å². The maximum atomic E-state index is 12.6. The predicted molar refractivity (Wildman–Crippen MR) is 69.0 cm³/mol. The van der Waals surface area contributed by atoms with Crippen molar-refractivity contribution in [1.82, 2.24) is 5.32 Å². The Balaban J connectivity index is 2.70. The molecule has 2 nitrogen and oxygen atoms in total. The second-order valence-corrected chi connectivity index (χ2v) is 4.37. The van der Waals surface area contributed by atoms with Gasteiger partial charge in [0.25, 0.3) is 0 Å². The van der Waals surface area contributed by atoms with Crippen LogP contribution in [0.2, 0.25) is 0 Å². The first-order chi connectivity index (χ1) is 8.99. The lowest BCUT2D eigenvalue weighted by Crippen LogP contribution is -2.19. The van der Waals surface area contributed by atoms with Gasteiger partial charge in [-0.25, -0.2) is 0 Å². The zero-order chi connectivity index (χ0) is 14.3. The van der Waals surface area contributed by atoms with Gasteiger partial charge in [-0.2, -0.15) is 13.2 Å². The molecular formula is C14H20F3NO. The highest BCUT2D eigenvalue weighted by molar-refractivity contribution is 5.28. The molecule has 108 valence electrons. The standard InChI is InChI=1S/C14H20F3NO/c1-3-8-19-9-7-13(18-2)11-5-4-6-12(10-11)14(15,16)17/h4-6,10,13,18H,3,7-9H2,1-2H3. The average Bonchev–Trinajstić information content (AvgIpc) is 2.38. The Labute approximate surface area is 112 Å². The topological polar surface area (TPSA) is 21.3 Å². The lowest BCUT2D eigenvalue weighted by atomic mass is 10.0. The summed E-state index contributed by atoms with van der Waals surface area (Å²) < 4.78 is 43.3. The molecule has 1 rings (SSSR count). The number of halogens is 3. The van der Waals surface area contributed by atoms with Crippen LogP contribution in [-0.2, 0) is 10.9 Å². The molecule has 0 bridgehead atoms. The number of hydrogen-bond donors (Lipinski definition) is 1. The molecule has 1 unspecified atom stereocenters. The summed E-state index contributed by atoms with van der Waals surface area (Å²) >= 11 is 0. The van der Waals surface area contributed by atoms with E-state index in [0.29, 0.717) is 25.2 Å². The van der Waals surface area contributed by atoms with Gasteiger partial charge in [-0.1, -0.05) is 19.1 Å². The normalized spacial score (nSPS) is 13.5. The Morgan fingerprint density at radius 3 is 2.58 bits per heavy atom. The van der Waals surface area contributed by atoms with Crippen LogP contribution >= 0.6 is 0 Å². The Morgan fingerprint density at radius 2 is 2.00 bits per heavy atom. The van der Waals surface area contributed by atoms with Crippen molar-refractivity contribution in [2.24, 2.45) is 0 Å². The van der Waals surface area contributed by atoms with Crippen LogP contribution in [0.4, 0.5) is 13.2 Å². The van der Waals surface area contributed by atoms with Crippen LogP contribution < -0.4 is 5.32 Å². The minimum absolute atomic E-state index is 0.126. The lowest BCUT2D eigenvalue weighted by Gasteiger charge is -2.18. The Hall–Kier alpha value is -1.07. The molecule has 0 saturated heterocycles. The molecule has 1 aromatic carbocycles. The fourth-order valence-electron chi connectivity index (χ4n) is 1.86. The maximum Gasteiger partial charge on any atom is 0.416 e. The van der Waals surface area contributed by atoms with Gasteiger partial charge in [-0.05, 0) is 37.6 Å². The van der Waals surface area contributed by atoms with Crippen LogP contribution in [0.15, 0.2) is 24.3 Å². The van der Waals surface area contributed by atoms with E-state index in [1.807, 2.05) is 6.92 Å². The quantitative estimate of drug-likeness (QED) is 0.765. The van der Waals surface area contributed by atoms with E-state index in [2.05, 4.69) is 5.32 Å². The van der Waals surface area contributed by atoms with Crippen molar-refractivity contribution in [1.29, 1.82) is 0 Å². The number of alkyl halides is 3. The number of benzene rings is 1. The molecule has 0 aliphatic heterocycles. The van der Waals surface area contributed by atoms with Gasteiger partial charge in [0.15, 0.2) is 0 Å². The van der Waals surface area contributed by atoms with E-state index in [-0.39, 0.29) is 6.04 Å². The first kappa shape index (κ1) is 16.0. The number of rotatable bonds is 7. The summed E-state index contributed by atoms with van der Waals surface area (Å²) in [4.78, 5) is 0. The van der Waals surface area contributed by atoms with Gasteiger partial charge in [-0.3, -0.25) is 0 Å². The van der Waals surface area contributed by atoms with Gasteiger partial charge < -0.3 is 10.1 Å². The van der Waals surface area contributed by atoms with Crippen LogP contribution in [0.3, 0.4) is 0 Å².